The average molecular weight is 185 g/mol. The van der Waals surface area contributed by atoms with E-state index in [2.05, 4.69) is 26.1 Å². The second-order valence-electron chi connectivity index (χ2n) is 3.82. The van der Waals surface area contributed by atoms with E-state index in [1.54, 1.807) is 0 Å². The minimum absolute atomic E-state index is 0.242. The fraction of sp³-hybridized carbons (Fsp3) is 0.909. The van der Waals surface area contributed by atoms with Gasteiger partial charge in [-0.2, -0.15) is 0 Å². The molecule has 2 heteroatoms. The van der Waals surface area contributed by atoms with Crippen LogP contribution in [0.5, 0.6) is 0 Å². The third kappa shape index (κ3) is 5.81. The number of hydrogen-bond donors (Lipinski definition) is 1. The standard InChI is InChI=1S/C11H23NO/c1-5-7-9(3)11(13)8-10(4)12-6-2/h9-10,12H,5-8H2,1-4H3. The predicted octanol–water partition coefficient (Wildman–Crippen LogP) is 2.38. The number of carbonyl (C=O) groups is 1. The van der Waals surface area contributed by atoms with E-state index in [1.807, 2.05) is 6.92 Å². The molecule has 0 aliphatic carbocycles. The Morgan fingerprint density at radius 1 is 1.31 bits per heavy atom. The first-order valence-electron chi connectivity index (χ1n) is 5.37. The molecule has 0 aromatic rings. The van der Waals surface area contributed by atoms with Gasteiger partial charge in [0.05, 0.1) is 0 Å². The second-order valence-corrected chi connectivity index (χ2v) is 3.82. The summed E-state index contributed by atoms with van der Waals surface area (Å²) in [5, 5.41) is 3.25. The predicted molar refractivity (Wildman–Crippen MR) is 56.8 cm³/mol. The topological polar surface area (TPSA) is 29.1 Å². The van der Waals surface area contributed by atoms with Crippen LogP contribution in [0.25, 0.3) is 0 Å². The van der Waals surface area contributed by atoms with Gasteiger partial charge in [0.2, 0.25) is 0 Å². The first-order valence-corrected chi connectivity index (χ1v) is 5.37. The van der Waals surface area contributed by atoms with Gasteiger partial charge in [0.1, 0.15) is 5.78 Å². The molecule has 78 valence electrons. The van der Waals surface area contributed by atoms with Crippen LogP contribution in [0.1, 0.15) is 47.0 Å². The lowest BCUT2D eigenvalue weighted by atomic mass is 9.96. The molecule has 2 nitrogen and oxygen atoms in total. The summed E-state index contributed by atoms with van der Waals surface area (Å²) in [5.74, 6) is 0.640. The molecule has 0 aromatic carbocycles. The van der Waals surface area contributed by atoms with Crippen LogP contribution in [0, 0.1) is 5.92 Å². The van der Waals surface area contributed by atoms with Gasteiger partial charge in [0.25, 0.3) is 0 Å². The van der Waals surface area contributed by atoms with Gasteiger partial charge in [-0.25, -0.2) is 0 Å². The molecule has 0 saturated carbocycles. The number of hydrogen-bond acceptors (Lipinski definition) is 2. The van der Waals surface area contributed by atoms with E-state index in [0.717, 1.165) is 19.4 Å². The molecule has 0 fully saturated rings. The van der Waals surface area contributed by atoms with Crippen LogP contribution < -0.4 is 5.32 Å². The van der Waals surface area contributed by atoms with Crippen molar-refractivity contribution in [2.24, 2.45) is 5.92 Å². The lowest BCUT2D eigenvalue weighted by molar-refractivity contribution is -0.123. The molecule has 13 heavy (non-hydrogen) atoms. The van der Waals surface area contributed by atoms with E-state index in [0.29, 0.717) is 18.2 Å². The molecule has 0 aromatic heterocycles. The van der Waals surface area contributed by atoms with Crippen molar-refractivity contribution < 1.29 is 4.79 Å². The van der Waals surface area contributed by atoms with Crippen molar-refractivity contribution in [1.29, 1.82) is 0 Å². The normalized spacial score (nSPS) is 15.4. The lowest BCUT2D eigenvalue weighted by Gasteiger charge is -2.14. The summed E-state index contributed by atoms with van der Waals surface area (Å²) in [7, 11) is 0. The van der Waals surface area contributed by atoms with Crippen LogP contribution in [0.2, 0.25) is 0 Å². The maximum atomic E-state index is 11.6. The molecule has 0 spiro atoms. The summed E-state index contributed by atoms with van der Waals surface area (Å²) in [6, 6.07) is 0.330. The second kappa shape index (κ2) is 7.07. The molecule has 2 unspecified atom stereocenters. The minimum Gasteiger partial charge on any atom is -0.314 e. The van der Waals surface area contributed by atoms with Gasteiger partial charge in [-0.05, 0) is 19.9 Å². The fourth-order valence-electron chi connectivity index (χ4n) is 1.52. The minimum atomic E-state index is 0.242. The summed E-state index contributed by atoms with van der Waals surface area (Å²) in [5.41, 5.74) is 0. The van der Waals surface area contributed by atoms with Gasteiger partial charge < -0.3 is 5.32 Å². The molecular weight excluding hydrogens is 162 g/mol. The zero-order valence-electron chi connectivity index (χ0n) is 9.39. The zero-order valence-corrected chi connectivity index (χ0v) is 9.39. The van der Waals surface area contributed by atoms with Crippen molar-refractivity contribution in [3.8, 4) is 0 Å². The maximum Gasteiger partial charge on any atom is 0.137 e. The molecule has 2 atom stereocenters. The number of ketones is 1. The van der Waals surface area contributed by atoms with Gasteiger partial charge in [-0.15, -0.1) is 0 Å². The van der Waals surface area contributed by atoms with Crippen LogP contribution in [-0.2, 0) is 4.79 Å². The summed E-state index contributed by atoms with van der Waals surface area (Å²) >= 11 is 0. The molecule has 0 radical (unpaired) electrons. The molecule has 0 aliphatic heterocycles. The Labute approximate surface area is 82.1 Å². The zero-order chi connectivity index (χ0) is 10.3. The third-order valence-corrected chi connectivity index (χ3v) is 2.33. The summed E-state index contributed by atoms with van der Waals surface area (Å²) in [6.07, 6.45) is 2.80. The fourth-order valence-corrected chi connectivity index (χ4v) is 1.52. The highest BCUT2D eigenvalue weighted by molar-refractivity contribution is 5.81. The number of nitrogens with one attached hydrogen (secondary N) is 1. The van der Waals surface area contributed by atoms with Crippen LogP contribution in [0.15, 0.2) is 0 Å². The molecule has 0 amide bonds. The van der Waals surface area contributed by atoms with Crippen LogP contribution in [0.3, 0.4) is 0 Å². The molecule has 0 saturated heterocycles. The molecule has 0 heterocycles. The molecule has 1 N–H and O–H groups in total. The van der Waals surface area contributed by atoms with Crippen molar-refractivity contribution in [3.63, 3.8) is 0 Å². The first kappa shape index (κ1) is 12.6. The Morgan fingerprint density at radius 2 is 1.92 bits per heavy atom. The lowest BCUT2D eigenvalue weighted by Crippen LogP contribution is -2.29. The summed E-state index contributed by atoms with van der Waals surface area (Å²) in [4.78, 5) is 11.6. The van der Waals surface area contributed by atoms with Gasteiger partial charge >= 0.3 is 0 Å². The van der Waals surface area contributed by atoms with E-state index in [1.165, 1.54) is 0 Å². The van der Waals surface area contributed by atoms with Crippen molar-refractivity contribution in [3.05, 3.63) is 0 Å². The highest BCUT2D eigenvalue weighted by Gasteiger charge is 2.14. The van der Waals surface area contributed by atoms with E-state index >= 15 is 0 Å². The highest BCUT2D eigenvalue weighted by atomic mass is 16.1. The Hall–Kier alpha value is -0.370. The van der Waals surface area contributed by atoms with E-state index in [-0.39, 0.29) is 5.92 Å². The monoisotopic (exact) mass is 185 g/mol. The van der Waals surface area contributed by atoms with E-state index < -0.39 is 0 Å². The quantitative estimate of drug-likeness (QED) is 0.660. The summed E-state index contributed by atoms with van der Waals surface area (Å²) < 4.78 is 0. The van der Waals surface area contributed by atoms with Crippen molar-refractivity contribution >= 4 is 5.78 Å². The van der Waals surface area contributed by atoms with Gasteiger partial charge in [-0.3, -0.25) is 4.79 Å². The SMILES string of the molecule is CCCC(C)C(=O)CC(C)NCC. The molecule has 0 rings (SSSR count). The van der Waals surface area contributed by atoms with Gasteiger partial charge in [-0.1, -0.05) is 27.2 Å². The van der Waals surface area contributed by atoms with Crippen molar-refractivity contribution in [2.75, 3.05) is 6.54 Å². The average Bonchev–Trinajstić information content (AvgIpc) is 2.05. The van der Waals surface area contributed by atoms with Crippen molar-refractivity contribution in [2.45, 2.75) is 53.0 Å². The van der Waals surface area contributed by atoms with Crippen LogP contribution in [0.4, 0.5) is 0 Å². The van der Waals surface area contributed by atoms with E-state index in [4.69, 9.17) is 0 Å². The molecule has 0 aliphatic rings. The maximum absolute atomic E-state index is 11.6. The number of rotatable bonds is 7. The Balaban J connectivity index is 3.71. The molecule has 0 bridgehead atoms. The van der Waals surface area contributed by atoms with E-state index in [9.17, 15) is 4.79 Å². The smallest absolute Gasteiger partial charge is 0.137 e. The van der Waals surface area contributed by atoms with Gasteiger partial charge in [0.15, 0.2) is 0 Å². The Kier molecular flexibility index (Phi) is 6.87. The number of Topliss-reactive ketones (excluding diaryl/α,β-unsaturated/α-hetero) is 1. The largest absolute Gasteiger partial charge is 0.314 e. The number of carbonyl (C=O) groups excluding carboxylic acids is 1. The summed E-state index contributed by atoms with van der Waals surface area (Å²) in [6.45, 7) is 9.23. The first-order chi connectivity index (χ1) is 6.11. The van der Waals surface area contributed by atoms with Gasteiger partial charge in [0, 0.05) is 18.4 Å². The molecular formula is C11H23NO. The van der Waals surface area contributed by atoms with Crippen LogP contribution in [-0.4, -0.2) is 18.4 Å². The Bertz CT molecular complexity index is 145. The highest BCUT2D eigenvalue weighted by Crippen LogP contribution is 2.09. The van der Waals surface area contributed by atoms with Crippen molar-refractivity contribution in [1.82, 2.24) is 5.32 Å². The third-order valence-electron chi connectivity index (χ3n) is 2.33. The Morgan fingerprint density at radius 3 is 2.38 bits per heavy atom. The van der Waals surface area contributed by atoms with Crippen LogP contribution >= 0.6 is 0 Å².